The van der Waals surface area contributed by atoms with E-state index in [2.05, 4.69) is 57.3 Å². The van der Waals surface area contributed by atoms with Crippen molar-refractivity contribution >= 4 is 27.5 Å². The number of benzene rings is 3. The largest absolute Gasteiger partial charge is 0.319 e. The van der Waals surface area contributed by atoms with Gasteiger partial charge in [0, 0.05) is 15.7 Å². The molecule has 6 heteroatoms. The summed E-state index contributed by atoms with van der Waals surface area (Å²) < 4.78 is 2.70. The number of aromatic nitrogens is 3. The molecule has 0 aliphatic heterocycles. The van der Waals surface area contributed by atoms with E-state index in [1.54, 1.807) is 4.68 Å². The van der Waals surface area contributed by atoms with Gasteiger partial charge in [-0.3, -0.25) is 4.79 Å². The van der Waals surface area contributed by atoms with E-state index in [4.69, 9.17) is 0 Å². The Morgan fingerprint density at radius 1 is 0.903 bits per heavy atom. The van der Waals surface area contributed by atoms with E-state index in [-0.39, 0.29) is 11.7 Å². The molecule has 0 saturated heterocycles. The smallest absolute Gasteiger partial charge is 0.295 e. The number of anilines is 1. The van der Waals surface area contributed by atoms with Crippen LogP contribution in [0.15, 0.2) is 65.1 Å². The molecule has 0 aliphatic carbocycles. The molecule has 4 aromatic rings. The van der Waals surface area contributed by atoms with Crippen molar-refractivity contribution in [2.24, 2.45) is 0 Å². The zero-order chi connectivity index (χ0) is 22.1. The monoisotopic (exact) mass is 474 g/mol. The van der Waals surface area contributed by atoms with E-state index in [1.807, 2.05) is 62.4 Å². The molecule has 4 rings (SSSR count). The maximum atomic E-state index is 13.0. The minimum atomic E-state index is -0.345. The molecular weight excluding hydrogens is 452 g/mol. The van der Waals surface area contributed by atoms with Gasteiger partial charge in [0.15, 0.2) is 5.82 Å². The highest BCUT2D eigenvalue weighted by molar-refractivity contribution is 9.10. The second kappa shape index (κ2) is 8.47. The fourth-order valence-corrected chi connectivity index (χ4v) is 3.84. The average Bonchev–Trinajstić information content (AvgIpc) is 3.18. The number of carbonyl (C=O) groups excluding carboxylic acids is 1. The van der Waals surface area contributed by atoms with E-state index in [9.17, 15) is 4.79 Å². The number of amides is 1. The zero-order valence-corrected chi connectivity index (χ0v) is 19.5. The summed E-state index contributed by atoms with van der Waals surface area (Å²) in [5, 5.41) is 7.52. The normalized spacial score (nSPS) is 10.9. The Labute approximate surface area is 190 Å². The summed E-state index contributed by atoms with van der Waals surface area (Å²) in [5.41, 5.74) is 6.92. The van der Waals surface area contributed by atoms with Crippen LogP contribution in [0.25, 0.3) is 17.1 Å². The first-order chi connectivity index (χ1) is 14.8. The van der Waals surface area contributed by atoms with Crippen LogP contribution in [0.4, 0.5) is 5.69 Å². The minimum Gasteiger partial charge on any atom is -0.319 e. The number of aryl methyl sites for hydroxylation is 4. The van der Waals surface area contributed by atoms with Crippen LogP contribution in [0, 0.1) is 27.7 Å². The Morgan fingerprint density at radius 2 is 1.71 bits per heavy atom. The van der Waals surface area contributed by atoms with E-state index in [0.29, 0.717) is 5.82 Å². The number of nitrogens with zero attached hydrogens (tertiary/aromatic N) is 3. The van der Waals surface area contributed by atoms with Gasteiger partial charge < -0.3 is 5.32 Å². The van der Waals surface area contributed by atoms with Crippen LogP contribution in [0.5, 0.6) is 0 Å². The highest BCUT2D eigenvalue weighted by atomic mass is 79.9. The van der Waals surface area contributed by atoms with Crippen LogP contribution in [0.3, 0.4) is 0 Å². The molecule has 156 valence electrons. The molecule has 1 amide bonds. The molecule has 0 saturated carbocycles. The van der Waals surface area contributed by atoms with Gasteiger partial charge in [-0.2, -0.15) is 0 Å². The summed E-state index contributed by atoms with van der Waals surface area (Å²) in [7, 11) is 0. The molecule has 1 aromatic heterocycles. The average molecular weight is 475 g/mol. The molecule has 1 heterocycles. The molecule has 31 heavy (non-hydrogen) atoms. The standard InChI is InChI=1S/C25H23BrN4O/c1-15-6-5-7-19(12-15)24-28-23(25(31)27-22-11-9-20(26)13-18(22)4)29-30(24)21-10-8-16(2)17(3)14-21/h5-14H,1-4H3,(H,27,31). The van der Waals surface area contributed by atoms with E-state index in [1.165, 1.54) is 5.56 Å². The van der Waals surface area contributed by atoms with Crippen LogP contribution in [0.2, 0.25) is 0 Å². The van der Waals surface area contributed by atoms with Crippen LogP contribution in [0.1, 0.15) is 32.9 Å². The van der Waals surface area contributed by atoms with E-state index >= 15 is 0 Å². The molecule has 0 spiro atoms. The second-order valence-corrected chi connectivity index (χ2v) is 8.64. The summed E-state index contributed by atoms with van der Waals surface area (Å²) >= 11 is 3.45. The molecule has 3 aromatic carbocycles. The number of halogens is 1. The Hall–Kier alpha value is -3.25. The van der Waals surface area contributed by atoms with Crippen molar-refractivity contribution in [1.82, 2.24) is 14.8 Å². The minimum absolute atomic E-state index is 0.122. The predicted molar refractivity (Wildman–Crippen MR) is 128 cm³/mol. The molecule has 0 bridgehead atoms. The number of carbonyl (C=O) groups is 1. The number of hydrogen-bond acceptors (Lipinski definition) is 3. The quantitative estimate of drug-likeness (QED) is 0.383. The molecule has 0 radical (unpaired) electrons. The van der Waals surface area contributed by atoms with Crippen molar-refractivity contribution in [3.05, 3.63) is 93.2 Å². The lowest BCUT2D eigenvalue weighted by molar-refractivity contribution is 0.101. The molecule has 5 nitrogen and oxygen atoms in total. The molecule has 0 unspecified atom stereocenters. The van der Waals surface area contributed by atoms with Gasteiger partial charge in [0.1, 0.15) is 0 Å². The molecule has 0 atom stereocenters. The third-order valence-electron chi connectivity index (χ3n) is 5.26. The number of rotatable bonds is 4. The lowest BCUT2D eigenvalue weighted by atomic mass is 10.1. The van der Waals surface area contributed by atoms with E-state index in [0.717, 1.165) is 38.1 Å². The van der Waals surface area contributed by atoms with Gasteiger partial charge in [0.2, 0.25) is 5.82 Å². The Balaban J connectivity index is 1.78. The summed E-state index contributed by atoms with van der Waals surface area (Å²) in [6.45, 7) is 8.11. The topological polar surface area (TPSA) is 59.8 Å². The van der Waals surface area contributed by atoms with Gasteiger partial charge >= 0.3 is 0 Å². The molecule has 0 fully saturated rings. The predicted octanol–water partition coefficient (Wildman–Crippen LogP) is 6.18. The third kappa shape index (κ3) is 4.44. The molecule has 1 N–H and O–H groups in total. The first-order valence-corrected chi connectivity index (χ1v) is 10.8. The second-order valence-electron chi connectivity index (χ2n) is 7.72. The van der Waals surface area contributed by atoms with Gasteiger partial charge in [-0.25, -0.2) is 9.67 Å². The number of nitrogens with one attached hydrogen (secondary N) is 1. The SMILES string of the molecule is Cc1cccc(-c2nc(C(=O)Nc3ccc(Br)cc3C)nn2-c2ccc(C)c(C)c2)c1. The lowest BCUT2D eigenvalue weighted by Crippen LogP contribution is -2.15. The van der Waals surface area contributed by atoms with Crippen molar-refractivity contribution in [2.75, 3.05) is 5.32 Å². The highest BCUT2D eigenvalue weighted by Gasteiger charge is 2.20. The Kier molecular flexibility index (Phi) is 5.74. The Morgan fingerprint density at radius 3 is 2.42 bits per heavy atom. The fourth-order valence-electron chi connectivity index (χ4n) is 3.36. The van der Waals surface area contributed by atoms with Crippen LogP contribution >= 0.6 is 15.9 Å². The van der Waals surface area contributed by atoms with Gasteiger partial charge in [-0.05, 0) is 80.8 Å². The number of hydrogen-bond donors (Lipinski definition) is 1. The first-order valence-electron chi connectivity index (χ1n) is 10.0. The van der Waals surface area contributed by atoms with Crippen LogP contribution in [-0.2, 0) is 0 Å². The van der Waals surface area contributed by atoms with Crippen molar-refractivity contribution in [3.8, 4) is 17.1 Å². The van der Waals surface area contributed by atoms with Crippen LogP contribution in [-0.4, -0.2) is 20.7 Å². The molecule has 0 aliphatic rings. The van der Waals surface area contributed by atoms with Crippen molar-refractivity contribution in [2.45, 2.75) is 27.7 Å². The summed E-state index contributed by atoms with van der Waals surface area (Å²) in [4.78, 5) is 17.6. The van der Waals surface area contributed by atoms with Gasteiger partial charge in [0.05, 0.1) is 5.69 Å². The van der Waals surface area contributed by atoms with Crippen molar-refractivity contribution < 1.29 is 4.79 Å². The van der Waals surface area contributed by atoms with Crippen molar-refractivity contribution in [1.29, 1.82) is 0 Å². The van der Waals surface area contributed by atoms with Gasteiger partial charge in [0.25, 0.3) is 5.91 Å². The molecular formula is C25H23BrN4O. The van der Waals surface area contributed by atoms with Gasteiger partial charge in [-0.15, -0.1) is 5.10 Å². The van der Waals surface area contributed by atoms with Crippen LogP contribution < -0.4 is 5.32 Å². The zero-order valence-electron chi connectivity index (χ0n) is 17.9. The maximum absolute atomic E-state index is 13.0. The highest BCUT2D eigenvalue weighted by Crippen LogP contribution is 2.25. The third-order valence-corrected chi connectivity index (χ3v) is 5.75. The maximum Gasteiger partial charge on any atom is 0.295 e. The fraction of sp³-hybridized carbons (Fsp3) is 0.160. The van der Waals surface area contributed by atoms with E-state index < -0.39 is 0 Å². The summed E-state index contributed by atoms with van der Waals surface area (Å²) in [5.74, 6) is 0.406. The summed E-state index contributed by atoms with van der Waals surface area (Å²) in [6, 6.07) is 19.9. The summed E-state index contributed by atoms with van der Waals surface area (Å²) in [6.07, 6.45) is 0. The van der Waals surface area contributed by atoms with Gasteiger partial charge in [-0.1, -0.05) is 45.8 Å². The lowest BCUT2D eigenvalue weighted by Gasteiger charge is -2.09. The Bertz CT molecular complexity index is 1290. The van der Waals surface area contributed by atoms with Crippen molar-refractivity contribution in [3.63, 3.8) is 0 Å². The first kappa shape index (κ1) is 21.0.